The molecule has 0 saturated carbocycles. The normalized spacial score (nSPS) is 15.3. The van der Waals surface area contributed by atoms with Gasteiger partial charge in [0.25, 0.3) is 0 Å². The van der Waals surface area contributed by atoms with E-state index in [9.17, 15) is 5.11 Å². The average molecular weight is 254 g/mol. The molecule has 0 aliphatic carbocycles. The minimum Gasteiger partial charge on any atom is -0.384 e. The fourth-order valence-corrected chi connectivity index (χ4v) is 2.49. The van der Waals surface area contributed by atoms with Gasteiger partial charge in [0.1, 0.15) is 6.10 Å². The minimum absolute atomic E-state index is 0.565. The van der Waals surface area contributed by atoms with E-state index in [0.717, 1.165) is 11.1 Å². The fraction of sp³-hybridized carbons (Fsp3) is 0.294. The second-order valence-electron chi connectivity index (χ2n) is 5.27. The Bertz CT molecular complexity index is 617. The average Bonchev–Trinajstić information content (AvgIpc) is 2.88. The summed E-state index contributed by atoms with van der Waals surface area (Å²) in [5, 5.41) is 10.5. The third-order valence-corrected chi connectivity index (χ3v) is 3.91. The molecule has 0 saturated heterocycles. The maximum Gasteiger partial charge on any atom is 0.104 e. The van der Waals surface area contributed by atoms with Crippen LogP contribution in [0.25, 0.3) is 0 Å². The van der Waals surface area contributed by atoms with Gasteiger partial charge in [-0.15, -0.1) is 0 Å². The number of rotatable bonds is 2. The molecule has 1 unspecified atom stereocenters. The Hall–Kier alpha value is -1.64. The van der Waals surface area contributed by atoms with Crippen molar-refractivity contribution in [2.75, 3.05) is 0 Å². The van der Waals surface area contributed by atoms with Crippen molar-refractivity contribution in [2.45, 2.75) is 33.2 Å². The highest BCUT2D eigenvalue weighted by Crippen LogP contribution is 2.28. The van der Waals surface area contributed by atoms with Crippen LogP contribution in [0.4, 0.5) is 0 Å². The predicted molar refractivity (Wildman–Crippen MR) is 74.9 cm³/mol. The summed E-state index contributed by atoms with van der Waals surface area (Å²) < 4.78 is 5.41. The van der Waals surface area contributed by atoms with E-state index in [2.05, 4.69) is 38.1 Å². The standard InChI is InChI=1S/C17H18O2/c1-11-3-4-13(7-12(11)2)17(18)14-5-6-15-9-19-10-16(15)8-14/h3-8,17-18H,9-10H2,1-2H3. The smallest absolute Gasteiger partial charge is 0.104 e. The Balaban J connectivity index is 1.94. The third-order valence-electron chi connectivity index (χ3n) is 3.91. The summed E-state index contributed by atoms with van der Waals surface area (Å²) in [7, 11) is 0. The molecule has 0 fully saturated rings. The first-order valence-electron chi connectivity index (χ1n) is 6.60. The van der Waals surface area contributed by atoms with Gasteiger partial charge in [-0.05, 0) is 47.2 Å². The SMILES string of the molecule is Cc1ccc(C(O)c2ccc3c(c2)COC3)cc1C. The predicted octanol–water partition coefficient (Wildman–Crippen LogP) is 3.42. The van der Waals surface area contributed by atoms with Crippen molar-refractivity contribution in [1.82, 2.24) is 0 Å². The zero-order valence-electron chi connectivity index (χ0n) is 11.3. The van der Waals surface area contributed by atoms with Crippen LogP contribution in [0.2, 0.25) is 0 Å². The zero-order chi connectivity index (χ0) is 13.4. The third kappa shape index (κ3) is 2.29. The summed E-state index contributed by atoms with van der Waals surface area (Å²) in [5.74, 6) is 0. The van der Waals surface area contributed by atoms with Crippen LogP contribution < -0.4 is 0 Å². The Morgan fingerprint density at radius 2 is 1.58 bits per heavy atom. The molecule has 0 amide bonds. The van der Waals surface area contributed by atoms with Crippen LogP contribution in [0, 0.1) is 13.8 Å². The molecule has 98 valence electrons. The molecule has 1 aliphatic heterocycles. The van der Waals surface area contributed by atoms with Gasteiger partial charge in [0.2, 0.25) is 0 Å². The minimum atomic E-state index is -0.565. The Kier molecular flexibility index (Phi) is 3.13. The van der Waals surface area contributed by atoms with Gasteiger partial charge in [0.05, 0.1) is 13.2 Å². The molecule has 1 aliphatic rings. The van der Waals surface area contributed by atoms with Gasteiger partial charge in [-0.1, -0.05) is 36.4 Å². The van der Waals surface area contributed by atoms with Crippen LogP contribution >= 0.6 is 0 Å². The van der Waals surface area contributed by atoms with E-state index in [1.54, 1.807) is 0 Å². The Morgan fingerprint density at radius 1 is 0.895 bits per heavy atom. The van der Waals surface area contributed by atoms with Gasteiger partial charge >= 0.3 is 0 Å². The lowest BCUT2D eigenvalue weighted by atomic mass is 9.96. The van der Waals surface area contributed by atoms with E-state index in [4.69, 9.17) is 4.74 Å². The summed E-state index contributed by atoms with van der Waals surface area (Å²) in [6.07, 6.45) is -0.565. The second-order valence-corrected chi connectivity index (χ2v) is 5.27. The van der Waals surface area contributed by atoms with Crippen molar-refractivity contribution in [3.63, 3.8) is 0 Å². The molecular formula is C17H18O2. The quantitative estimate of drug-likeness (QED) is 0.890. The Labute approximate surface area is 113 Å². The van der Waals surface area contributed by atoms with Gasteiger partial charge in [-0.25, -0.2) is 0 Å². The van der Waals surface area contributed by atoms with Crippen molar-refractivity contribution in [1.29, 1.82) is 0 Å². The number of aryl methyl sites for hydroxylation is 2. The summed E-state index contributed by atoms with van der Waals surface area (Å²) in [5.41, 5.74) is 6.77. The lowest BCUT2D eigenvalue weighted by Crippen LogP contribution is -2.01. The zero-order valence-corrected chi connectivity index (χ0v) is 11.3. The molecule has 2 heteroatoms. The monoisotopic (exact) mass is 254 g/mol. The summed E-state index contributed by atoms with van der Waals surface area (Å²) in [4.78, 5) is 0. The van der Waals surface area contributed by atoms with Crippen molar-refractivity contribution < 1.29 is 9.84 Å². The lowest BCUT2D eigenvalue weighted by Gasteiger charge is -2.14. The molecule has 2 aromatic carbocycles. The molecule has 0 spiro atoms. The van der Waals surface area contributed by atoms with Gasteiger partial charge in [-0.3, -0.25) is 0 Å². The largest absolute Gasteiger partial charge is 0.384 e. The van der Waals surface area contributed by atoms with Gasteiger partial charge in [-0.2, -0.15) is 0 Å². The number of ether oxygens (including phenoxy) is 1. The second kappa shape index (κ2) is 4.80. The molecular weight excluding hydrogens is 236 g/mol. The first-order valence-corrected chi connectivity index (χ1v) is 6.60. The molecule has 0 aromatic heterocycles. The molecule has 1 heterocycles. The summed E-state index contributed by atoms with van der Waals surface area (Å²) in [6.45, 7) is 5.50. The fourth-order valence-electron chi connectivity index (χ4n) is 2.49. The van der Waals surface area contributed by atoms with Crippen LogP contribution in [0.15, 0.2) is 36.4 Å². The maximum absolute atomic E-state index is 10.5. The van der Waals surface area contributed by atoms with Crippen LogP contribution in [0.3, 0.4) is 0 Å². The van der Waals surface area contributed by atoms with E-state index in [-0.39, 0.29) is 0 Å². The van der Waals surface area contributed by atoms with Gasteiger partial charge in [0, 0.05) is 0 Å². The number of aliphatic hydroxyl groups excluding tert-OH is 1. The van der Waals surface area contributed by atoms with Crippen molar-refractivity contribution in [3.8, 4) is 0 Å². The van der Waals surface area contributed by atoms with E-state index in [1.165, 1.54) is 22.3 Å². The first-order chi connectivity index (χ1) is 9.15. The molecule has 2 nitrogen and oxygen atoms in total. The van der Waals surface area contributed by atoms with Crippen molar-refractivity contribution >= 4 is 0 Å². The van der Waals surface area contributed by atoms with E-state index in [0.29, 0.717) is 13.2 Å². The molecule has 19 heavy (non-hydrogen) atoms. The van der Waals surface area contributed by atoms with Crippen LogP contribution in [-0.4, -0.2) is 5.11 Å². The molecule has 1 N–H and O–H groups in total. The topological polar surface area (TPSA) is 29.5 Å². The lowest BCUT2D eigenvalue weighted by molar-refractivity contribution is 0.134. The molecule has 3 rings (SSSR count). The van der Waals surface area contributed by atoms with Gasteiger partial charge in [0.15, 0.2) is 0 Å². The number of fused-ring (bicyclic) bond motifs is 1. The van der Waals surface area contributed by atoms with Gasteiger partial charge < -0.3 is 9.84 Å². The van der Waals surface area contributed by atoms with Crippen LogP contribution in [0.5, 0.6) is 0 Å². The molecule has 1 atom stereocenters. The number of benzene rings is 2. The molecule has 0 bridgehead atoms. The molecule has 0 radical (unpaired) electrons. The number of hydrogen-bond acceptors (Lipinski definition) is 2. The van der Waals surface area contributed by atoms with Crippen molar-refractivity contribution in [2.24, 2.45) is 0 Å². The highest BCUT2D eigenvalue weighted by Gasteiger charge is 2.16. The van der Waals surface area contributed by atoms with E-state index in [1.807, 2.05) is 12.1 Å². The van der Waals surface area contributed by atoms with Crippen molar-refractivity contribution in [3.05, 3.63) is 69.8 Å². The highest BCUT2D eigenvalue weighted by molar-refractivity contribution is 5.39. The number of aliphatic hydroxyl groups is 1. The van der Waals surface area contributed by atoms with E-state index < -0.39 is 6.10 Å². The maximum atomic E-state index is 10.5. The van der Waals surface area contributed by atoms with Crippen LogP contribution in [-0.2, 0) is 18.0 Å². The summed E-state index contributed by atoms with van der Waals surface area (Å²) >= 11 is 0. The van der Waals surface area contributed by atoms with Crippen LogP contribution in [0.1, 0.15) is 39.5 Å². The first kappa shape index (κ1) is 12.4. The van der Waals surface area contributed by atoms with E-state index >= 15 is 0 Å². The summed E-state index contributed by atoms with van der Waals surface area (Å²) in [6, 6.07) is 12.2. The number of hydrogen-bond donors (Lipinski definition) is 1. The molecule has 2 aromatic rings. The Morgan fingerprint density at radius 3 is 2.37 bits per heavy atom. The highest BCUT2D eigenvalue weighted by atomic mass is 16.5.